The first-order valence-corrected chi connectivity index (χ1v) is 12.1. The maximum atomic E-state index is 13.2. The van der Waals surface area contributed by atoms with Gasteiger partial charge >= 0.3 is 0 Å². The molecule has 1 N–H and O–H groups in total. The third kappa shape index (κ3) is 4.64. The summed E-state index contributed by atoms with van der Waals surface area (Å²) in [6.45, 7) is 8.66. The van der Waals surface area contributed by atoms with E-state index in [2.05, 4.69) is 28.7 Å². The van der Waals surface area contributed by atoms with Crippen molar-refractivity contribution in [2.45, 2.75) is 19.4 Å². The number of nitrogens with one attached hydrogen (secondary N) is 1. The molecule has 3 heterocycles. The molecule has 7 nitrogen and oxygen atoms in total. The third-order valence-corrected chi connectivity index (χ3v) is 7.02. The topological polar surface area (TPSA) is 74.6 Å². The van der Waals surface area contributed by atoms with Crippen LogP contribution in [0.2, 0.25) is 0 Å². The number of nitrogens with zero attached hydrogens (tertiary/aromatic N) is 3. The fourth-order valence-electron chi connectivity index (χ4n) is 5.02. The van der Waals surface area contributed by atoms with Crippen LogP contribution in [0, 0.1) is 0 Å². The molecule has 180 valence electrons. The molecule has 2 aliphatic heterocycles. The van der Waals surface area contributed by atoms with Crippen molar-refractivity contribution in [3.8, 4) is 0 Å². The molecule has 3 aromatic rings. The summed E-state index contributed by atoms with van der Waals surface area (Å²) in [5.74, 6) is -0.102. The minimum Gasteiger partial charge on any atom is -0.369 e. The number of fused-ring (bicyclic) bond motifs is 3. The zero-order chi connectivity index (χ0) is 24.5. The average Bonchev–Trinajstić information content (AvgIpc) is 3.24. The van der Waals surface area contributed by atoms with E-state index in [1.165, 1.54) is 6.08 Å². The number of benzene rings is 2. The van der Waals surface area contributed by atoms with Gasteiger partial charge in [0.2, 0.25) is 0 Å². The lowest BCUT2D eigenvalue weighted by molar-refractivity contribution is -0.114. The number of rotatable bonds is 7. The molecule has 0 unspecified atom stereocenters. The highest BCUT2D eigenvalue weighted by molar-refractivity contribution is 6.03. The van der Waals surface area contributed by atoms with Crippen molar-refractivity contribution >= 4 is 34.1 Å². The lowest BCUT2D eigenvalue weighted by Crippen LogP contribution is -2.44. The molecule has 2 aromatic carbocycles. The van der Waals surface area contributed by atoms with Gasteiger partial charge in [-0.3, -0.25) is 14.4 Å². The van der Waals surface area contributed by atoms with E-state index in [1.807, 2.05) is 47.0 Å². The van der Waals surface area contributed by atoms with Gasteiger partial charge in [-0.05, 0) is 42.4 Å². The first-order valence-electron chi connectivity index (χ1n) is 12.1. The van der Waals surface area contributed by atoms with Crippen molar-refractivity contribution in [2.75, 3.05) is 44.7 Å². The van der Waals surface area contributed by atoms with E-state index in [9.17, 15) is 14.4 Å². The molecule has 7 heteroatoms. The number of Topliss-reactive ketones (excluding diaryl/α,β-unsaturated/α-hetero) is 1. The van der Waals surface area contributed by atoms with Gasteiger partial charge in [-0.1, -0.05) is 30.8 Å². The van der Waals surface area contributed by atoms with Crippen LogP contribution in [0.25, 0.3) is 10.9 Å². The number of allylic oxidation sites excluding steroid dienone is 1. The second-order valence-corrected chi connectivity index (χ2v) is 9.41. The molecule has 5 rings (SSSR count). The quantitative estimate of drug-likeness (QED) is 0.425. The van der Waals surface area contributed by atoms with Gasteiger partial charge in [-0.25, -0.2) is 0 Å². The Hall–Kier alpha value is -3.71. The number of hydrogen-bond acceptors (Lipinski definition) is 5. The largest absolute Gasteiger partial charge is 0.369 e. The van der Waals surface area contributed by atoms with E-state index in [4.69, 9.17) is 0 Å². The smallest absolute Gasteiger partial charge is 0.268 e. The van der Waals surface area contributed by atoms with Crippen molar-refractivity contribution in [1.82, 2.24) is 14.8 Å². The summed E-state index contributed by atoms with van der Waals surface area (Å²) in [6.07, 6.45) is 1.88. The highest BCUT2D eigenvalue weighted by Gasteiger charge is 2.21. The molecule has 0 radical (unpaired) electrons. The van der Waals surface area contributed by atoms with E-state index < -0.39 is 0 Å². The van der Waals surface area contributed by atoms with Crippen LogP contribution >= 0.6 is 0 Å². The molecule has 0 atom stereocenters. The number of piperazine rings is 1. The minimum atomic E-state index is -0.0811. The van der Waals surface area contributed by atoms with Crippen molar-refractivity contribution in [3.05, 3.63) is 77.5 Å². The first-order chi connectivity index (χ1) is 16.9. The number of ketones is 2. The van der Waals surface area contributed by atoms with Crippen LogP contribution in [-0.2, 0) is 24.2 Å². The number of amides is 1. The van der Waals surface area contributed by atoms with Crippen molar-refractivity contribution in [3.63, 3.8) is 0 Å². The summed E-state index contributed by atoms with van der Waals surface area (Å²) in [5.41, 5.74) is 5.04. The highest BCUT2D eigenvalue weighted by atomic mass is 16.2. The molecule has 1 saturated heterocycles. The molecule has 0 aliphatic carbocycles. The van der Waals surface area contributed by atoms with Crippen LogP contribution < -0.4 is 10.2 Å². The van der Waals surface area contributed by atoms with Crippen LogP contribution in [0.5, 0.6) is 0 Å². The Balaban J connectivity index is 1.41. The predicted octanol–water partition coefficient (Wildman–Crippen LogP) is 2.86. The van der Waals surface area contributed by atoms with Gasteiger partial charge in [-0.15, -0.1) is 0 Å². The molecule has 0 saturated carbocycles. The van der Waals surface area contributed by atoms with Gasteiger partial charge in [0.1, 0.15) is 5.69 Å². The van der Waals surface area contributed by atoms with Gasteiger partial charge in [0.25, 0.3) is 5.91 Å². The monoisotopic (exact) mass is 470 g/mol. The SMILES string of the molecule is C=CC(=O)Cc1cc(CC(=O)c2ccc3cc4n(c3c2)CCNC4=O)ccc1N1CCN(C)CC1. The van der Waals surface area contributed by atoms with Gasteiger partial charge < -0.3 is 19.7 Å². The number of hydrogen-bond donors (Lipinski definition) is 1. The Morgan fingerprint density at radius 3 is 2.57 bits per heavy atom. The van der Waals surface area contributed by atoms with E-state index in [-0.39, 0.29) is 30.3 Å². The van der Waals surface area contributed by atoms with Gasteiger partial charge in [-0.2, -0.15) is 0 Å². The zero-order valence-electron chi connectivity index (χ0n) is 20.0. The number of likely N-dealkylation sites (N-methyl/N-ethyl adjacent to an activating group) is 1. The van der Waals surface area contributed by atoms with Crippen LogP contribution in [0.1, 0.15) is 32.0 Å². The van der Waals surface area contributed by atoms with Gasteiger partial charge in [0.15, 0.2) is 11.6 Å². The molecule has 1 aromatic heterocycles. The molecule has 0 bridgehead atoms. The molecular formula is C28H30N4O3. The summed E-state index contributed by atoms with van der Waals surface area (Å²) < 4.78 is 1.98. The number of anilines is 1. The van der Waals surface area contributed by atoms with Crippen molar-refractivity contribution in [2.24, 2.45) is 0 Å². The van der Waals surface area contributed by atoms with Gasteiger partial charge in [0, 0.05) is 74.3 Å². The third-order valence-electron chi connectivity index (χ3n) is 7.02. The maximum absolute atomic E-state index is 13.2. The second-order valence-electron chi connectivity index (χ2n) is 9.41. The first kappa shape index (κ1) is 23.1. The maximum Gasteiger partial charge on any atom is 0.268 e. The Morgan fingerprint density at radius 1 is 1.00 bits per heavy atom. The fraction of sp³-hybridized carbons (Fsp3) is 0.321. The van der Waals surface area contributed by atoms with Crippen molar-refractivity contribution in [1.29, 1.82) is 0 Å². The molecule has 0 spiro atoms. The summed E-state index contributed by atoms with van der Waals surface area (Å²) >= 11 is 0. The highest BCUT2D eigenvalue weighted by Crippen LogP contribution is 2.27. The molecule has 1 amide bonds. The molecular weight excluding hydrogens is 440 g/mol. The molecule has 35 heavy (non-hydrogen) atoms. The number of carbonyl (C=O) groups is 3. The second kappa shape index (κ2) is 9.50. The molecule has 2 aliphatic rings. The average molecular weight is 471 g/mol. The Morgan fingerprint density at radius 2 is 1.80 bits per heavy atom. The van der Waals surface area contributed by atoms with Crippen molar-refractivity contribution < 1.29 is 14.4 Å². The molecule has 1 fully saturated rings. The van der Waals surface area contributed by atoms with Crippen LogP contribution in [-0.4, -0.2) is 66.7 Å². The van der Waals surface area contributed by atoms with E-state index in [1.54, 1.807) is 0 Å². The zero-order valence-corrected chi connectivity index (χ0v) is 20.0. The lowest BCUT2D eigenvalue weighted by Gasteiger charge is -2.35. The van der Waals surface area contributed by atoms with Crippen LogP contribution in [0.15, 0.2) is 55.1 Å². The fourth-order valence-corrected chi connectivity index (χ4v) is 5.02. The standard InChI is InChI=1S/C28H30N4O3/c1-3-23(33)16-22-14-19(4-7-24(22)31-12-10-30(2)11-13-31)15-27(34)21-6-5-20-17-26-28(35)29-8-9-32(26)25(20)18-21/h3-7,14,17-18H,1,8-13,15-16H2,2H3,(H,29,35). The number of aromatic nitrogens is 1. The predicted molar refractivity (Wildman–Crippen MR) is 137 cm³/mol. The Kier molecular flexibility index (Phi) is 6.26. The summed E-state index contributed by atoms with van der Waals surface area (Å²) in [4.78, 5) is 42.2. The minimum absolute atomic E-state index is 0.0102. The van der Waals surface area contributed by atoms with E-state index in [0.29, 0.717) is 24.3 Å². The Labute approximate surface area is 205 Å². The van der Waals surface area contributed by atoms with E-state index in [0.717, 1.165) is 53.9 Å². The Bertz CT molecular complexity index is 1330. The van der Waals surface area contributed by atoms with Crippen LogP contribution in [0.3, 0.4) is 0 Å². The summed E-state index contributed by atoms with van der Waals surface area (Å²) in [5, 5.41) is 3.81. The number of carbonyl (C=O) groups excluding carboxylic acids is 3. The van der Waals surface area contributed by atoms with Gasteiger partial charge in [0.05, 0.1) is 0 Å². The normalized spacial score (nSPS) is 16.1. The summed E-state index contributed by atoms with van der Waals surface area (Å²) in [6, 6.07) is 13.5. The van der Waals surface area contributed by atoms with Crippen LogP contribution in [0.4, 0.5) is 5.69 Å². The summed E-state index contributed by atoms with van der Waals surface area (Å²) in [7, 11) is 2.12. The lowest BCUT2D eigenvalue weighted by atomic mass is 9.97. The van der Waals surface area contributed by atoms with E-state index >= 15 is 0 Å².